The predicted molar refractivity (Wildman–Crippen MR) is 144 cm³/mol. The smallest absolute Gasteiger partial charge is 0.217 e. The van der Waals surface area contributed by atoms with Crippen LogP contribution in [0.1, 0.15) is 64.9 Å². The fourth-order valence-electron chi connectivity index (χ4n) is 2.18. The Bertz CT molecular complexity index is 590. The van der Waals surface area contributed by atoms with E-state index < -0.39 is 5.91 Å². The van der Waals surface area contributed by atoms with E-state index in [9.17, 15) is 9.18 Å². The highest BCUT2D eigenvalue weighted by atomic mass is 35.5. The minimum atomic E-state index is -0.393. The predicted octanol–water partition coefficient (Wildman–Crippen LogP) is 5.01. The molecule has 0 spiro atoms. The summed E-state index contributed by atoms with van der Waals surface area (Å²) in [6.45, 7) is 6.34. The van der Waals surface area contributed by atoms with Crippen molar-refractivity contribution in [3.05, 3.63) is 41.7 Å². The lowest BCUT2D eigenvalue weighted by Crippen LogP contribution is -2.29. The van der Waals surface area contributed by atoms with Crippen molar-refractivity contribution in [3.63, 3.8) is 0 Å². The topological polar surface area (TPSA) is 121 Å². The van der Waals surface area contributed by atoms with E-state index in [4.69, 9.17) is 21.0 Å². The molecule has 1 atom stereocenters. The van der Waals surface area contributed by atoms with Crippen molar-refractivity contribution in [2.24, 2.45) is 17.2 Å². The molecule has 0 saturated carbocycles. The highest BCUT2D eigenvalue weighted by Gasteiger charge is 2.09. The third-order valence-electron chi connectivity index (χ3n) is 3.86. The van der Waals surface area contributed by atoms with Gasteiger partial charge in [0.05, 0.1) is 0 Å². The molecule has 1 unspecified atom stereocenters. The Labute approximate surface area is 210 Å². The number of aryl methyl sites for hydroxylation is 1. The zero-order valence-electron chi connectivity index (χ0n) is 20.9. The standard InChI is InChI=1S/C17H27FN2O2.C4H8.CH3Cl.CH3NO.CH4S/c1-2-3-4-5-6-13-7-9-15(18)16(11-13)22-12-14(19)8-10-17(20)21;1-3-4-2;1-2;2-1-3;1-2/h7,9,11,14H,2-6,8,10,12,19H2,1H3,(H2,20,21);3-4H,1-2H3;1H3;1H,(H2,2,3);2H,1H3/b;4-3-;;;. The number of nitrogens with two attached hydrogens (primary N) is 3. The van der Waals surface area contributed by atoms with Gasteiger partial charge in [0.25, 0.3) is 0 Å². The van der Waals surface area contributed by atoms with Crippen molar-refractivity contribution in [2.45, 2.75) is 71.8 Å². The van der Waals surface area contributed by atoms with Gasteiger partial charge in [0.2, 0.25) is 12.3 Å². The molecule has 0 aromatic heterocycles. The molecule has 2 amide bonds. The maximum Gasteiger partial charge on any atom is 0.217 e. The number of rotatable bonds is 11. The number of amides is 2. The van der Waals surface area contributed by atoms with Gasteiger partial charge in [0, 0.05) is 18.8 Å². The molecular formula is C24H45ClFN3O3S. The Balaban J connectivity index is -0.000000324. The third-order valence-corrected chi connectivity index (χ3v) is 3.86. The molecule has 0 radical (unpaired) electrons. The number of carbonyl (C=O) groups is 2. The molecule has 194 valence electrons. The molecule has 0 fully saturated rings. The Morgan fingerprint density at radius 3 is 2.18 bits per heavy atom. The summed E-state index contributed by atoms with van der Waals surface area (Å²) < 4.78 is 19.2. The van der Waals surface area contributed by atoms with Gasteiger partial charge in [0.15, 0.2) is 11.6 Å². The first-order valence-corrected chi connectivity index (χ1v) is 12.5. The Morgan fingerprint density at radius 2 is 1.73 bits per heavy atom. The van der Waals surface area contributed by atoms with Gasteiger partial charge in [-0.3, -0.25) is 9.59 Å². The number of unbranched alkanes of at least 4 members (excludes halogenated alkanes) is 3. The number of carbonyl (C=O) groups excluding carboxylic acids is 2. The summed E-state index contributed by atoms with van der Waals surface area (Å²) in [5.74, 6) is -0.558. The molecular weight excluding hydrogens is 465 g/mol. The molecule has 0 bridgehead atoms. The van der Waals surface area contributed by atoms with Gasteiger partial charge in [-0.1, -0.05) is 44.4 Å². The van der Waals surface area contributed by atoms with Crippen molar-refractivity contribution in [1.82, 2.24) is 0 Å². The van der Waals surface area contributed by atoms with Gasteiger partial charge in [-0.15, -0.1) is 11.6 Å². The molecule has 0 aliphatic rings. The minimum Gasteiger partial charge on any atom is -0.489 e. The lowest BCUT2D eigenvalue weighted by molar-refractivity contribution is -0.118. The highest BCUT2D eigenvalue weighted by molar-refractivity contribution is 7.79. The first-order valence-electron chi connectivity index (χ1n) is 10.9. The number of alkyl halides is 1. The highest BCUT2D eigenvalue weighted by Crippen LogP contribution is 2.20. The molecule has 33 heavy (non-hydrogen) atoms. The van der Waals surface area contributed by atoms with Crippen LogP contribution in [0.2, 0.25) is 0 Å². The van der Waals surface area contributed by atoms with Gasteiger partial charge < -0.3 is 21.9 Å². The van der Waals surface area contributed by atoms with E-state index in [0.717, 1.165) is 18.4 Å². The first-order chi connectivity index (χ1) is 15.9. The molecule has 6 N–H and O–H groups in total. The molecule has 0 aliphatic heterocycles. The average molecular weight is 510 g/mol. The van der Waals surface area contributed by atoms with Gasteiger partial charge >= 0.3 is 0 Å². The second-order valence-corrected chi connectivity index (χ2v) is 6.45. The van der Waals surface area contributed by atoms with Crippen LogP contribution in [0.15, 0.2) is 30.4 Å². The fraction of sp³-hybridized carbons (Fsp3) is 0.583. The fourth-order valence-corrected chi connectivity index (χ4v) is 2.18. The van der Waals surface area contributed by atoms with E-state index in [1.54, 1.807) is 18.4 Å². The van der Waals surface area contributed by atoms with Crippen molar-refractivity contribution in [1.29, 1.82) is 0 Å². The van der Waals surface area contributed by atoms with Gasteiger partial charge in [0.1, 0.15) is 6.61 Å². The third kappa shape index (κ3) is 30.2. The molecule has 0 aliphatic carbocycles. The Kier molecular flexibility index (Phi) is 37.8. The van der Waals surface area contributed by atoms with Gasteiger partial charge in [-0.25, -0.2) is 4.39 Å². The zero-order chi connectivity index (χ0) is 26.5. The lowest BCUT2D eigenvalue weighted by Gasteiger charge is -2.14. The second-order valence-electron chi connectivity index (χ2n) is 6.45. The van der Waals surface area contributed by atoms with Crippen LogP contribution < -0.4 is 21.9 Å². The molecule has 9 heteroatoms. The van der Waals surface area contributed by atoms with E-state index >= 15 is 0 Å². The van der Waals surface area contributed by atoms with Crippen molar-refractivity contribution in [3.8, 4) is 5.75 Å². The maximum atomic E-state index is 13.7. The number of hydrogen-bond acceptors (Lipinski definition) is 5. The summed E-state index contributed by atoms with van der Waals surface area (Å²) >= 11 is 8.17. The van der Waals surface area contributed by atoms with Crippen molar-refractivity contribution >= 4 is 36.5 Å². The Hall–Kier alpha value is -1.77. The van der Waals surface area contributed by atoms with Crippen LogP contribution in [-0.4, -0.2) is 37.6 Å². The monoisotopic (exact) mass is 509 g/mol. The van der Waals surface area contributed by atoms with Crippen LogP contribution in [0.3, 0.4) is 0 Å². The van der Waals surface area contributed by atoms with Crippen LogP contribution in [0.5, 0.6) is 5.75 Å². The number of hydrogen-bond donors (Lipinski definition) is 4. The molecule has 0 heterocycles. The SMILES string of the molecule is C/C=C\C.CCCCCCc1ccc(F)c(OCC(N)CCC(N)=O)c1.CCl.CS.NC=O. The van der Waals surface area contributed by atoms with Gasteiger partial charge in [-0.05, 0) is 57.1 Å². The summed E-state index contributed by atoms with van der Waals surface area (Å²) in [4.78, 5) is 19.3. The number of primary amides is 2. The first kappa shape index (κ1) is 38.5. The van der Waals surface area contributed by atoms with Crippen molar-refractivity contribution < 1.29 is 18.7 Å². The average Bonchev–Trinajstić information content (AvgIpc) is 2.83. The van der Waals surface area contributed by atoms with Crippen LogP contribution >= 0.6 is 24.2 Å². The number of ether oxygens (including phenoxy) is 1. The van der Waals surface area contributed by atoms with E-state index in [-0.39, 0.29) is 37.0 Å². The van der Waals surface area contributed by atoms with Crippen LogP contribution in [0.4, 0.5) is 4.39 Å². The number of halogens is 2. The summed E-state index contributed by atoms with van der Waals surface area (Å²) in [6, 6.07) is 4.63. The summed E-state index contributed by atoms with van der Waals surface area (Å²) in [6.07, 6.45) is 13.7. The van der Waals surface area contributed by atoms with E-state index in [0.29, 0.717) is 6.42 Å². The number of thiol groups is 1. The van der Waals surface area contributed by atoms with E-state index in [2.05, 4.69) is 36.9 Å². The van der Waals surface area contributed by atoms with E-state index in [1.807, 2.05) is 26.0 Å². The summed E-state index contributed by atoms with van der Waals surface area (Å²) in [5.41, 5.74) is 16.1. The van der Waals surface area contributed by atoms with E-state index in [1.165, 1.54) is 31.7 Å². The molecule has 6 nitrogen and oxygen atoms in total. The van der Waals surface area contributed by atoms with Crippen LogP contribution in [-0.2, 0) is 16.0 Å². The summed E-state index contributed by atoms with van der Waals surface area (Å²) in [5, 5.41) is 0. The number of allylic oxidation sites excluding steroid dienone is 2. The quantitative estimate of drug-likeness (QED) is 0.110. The molecule has 1 rings (SSSR count). The zero-order valence-corrected chi connectivity index (χ0v) is 22.5. The largest absolute Gasteiger partial charge is 0.489 e. The van der Waals surface area contributed by atoms with Crippen molar-refractivity contribution in [2.75, 3.05) is 19.2 Å². The maximum absolute atomic E-state index is 13.7. The van der Waals surface area contributed by atoms with Gasteiger partial charge in [-0.2, -0.15) is 12.6 Å². The van der Waals surface area contributed by atoms with Crippen LogP contribution in [0, 0.1) is 5.82 Å². The molecule has 1 aromatic carbocycles. The Morgan fingerprint density at radius 1 is 1.18 bits per heavy atom. The molecule has 1 aromatic rings. The second kappa shape index (κ2) is 32.4. The lowest BCUT2D eigenvalue weighted by atomic mass is 10.1. The normalized spacial score (nSPS) is 9.97. The minimum absolute atomic E-state index is 0.170. The van der Waals surface area contributed by atoms with Crippen LogP contribution in [0.25, 0.3) is 0 Å². The molecule has 0 saturated heterocycles. The summed E-state index contributed by atoms with van der Waals surface area (Å²) in [7, 11) is 0. The number of benzene rings is 1.